The number of ether oxygens (including phenoxy) is 1. The summed E-state index contributed by atoms with van der Waals surface area (Å²) < 4.78 is 4.81. The van der Waals surface area contributed by atoms with Gasteiger partial charge in [-0.25, -0.2) is 4.79 Å². The summed E-state index contributed by atoms with van der Waals surface area (Å²) in [4.78, 5) is 25.1. The first-order valence-electron chi connectivity index (χ1n) is 17.7. The first kappa shape index (κ1) is 39.6. The second-order valence-electron chi connectivity index (χ2n) is 12.1. The third-order valence-electron chi connectivity index (χ3n) is 8.23. The van der Waals surface area contributed by atoms with Crippen LogP contribution in [-0.4, -0.2) is 29.6 Å². The summed E-state index contributed by atoms with van der Waals surface area (Å²) in [5, 5.41) is 10.9. The van der Waals surface area contributed by atoms with Crippen LogP contribution in [0.15, 0.2) is 24.3 Å². The van der Waals surface area contributed by atoms with Crippen LogP contribution in [0.3, 0.4) is 0 Å². The SMILES string of the molecule is CCCCC/C=C\C/C=C\CCCCCCCC(=O)C(O)(CCCCCCCCCCCCCCCC)C(=O)OC. The highest BCUT2D eigenvalue weighted by Crippen LogP contribution is 2.23. The van der Waals surface area contributed by atoms with Crippen molar-refractivity contribution in [3.8, 4) is 0 Å². The Kier molecular flexibility index (Phi) is 29.0. The van der Waals surface area contributed by atoms with Crippen molar-refractivity contribution in [1.82, 2.24) is 0 Å². The Morgan fingerprint density at radius 3 is 1.44 bits per heavy atom. The number of esters is 1. The molecular weight excluding hydrogens is 508 g/mol. The van der Waals surface area contributed by atoms with E-state index < -0.39 is 11.6 Å². The maximum atomic E-state index is 12.8. The minimum absolute atomic E-state index is 0.177. The maximum absolute atomic E-state index is 12.8. The second-order valence-corrected chi connectivity index (χ2v) is 12.1. The van der Waals surface area contributed by atoms with Crippen LogP contribution in [0.25, 0.3) is 0 Å². The number of carbonyl (C=O) groups is 2. The van der Waals surface area contributed by atoms with Crippen molar-refractivity contribution in [3.63, 3.8) is 0 Å². The van der Waals surface area contributed by atoms with E-state index in [1.54, 1.807) is 0 Å². The quantitative estimate of drug-likeness (QED) is 0.0386. The van der Waals surface area contributed by atoms with E-state index in [0.29, 0.717) is 6.42 Å². The van der Waals surface area contributed by atoms with Gasteiger partial charge in [0, 0.05) is 6.42 Å². The molecule has 240 valence electrons. The van der Waals surface area contributed by atoms with Gasteiger partial charge in [-0.2, -0.15) is 0 Å². The minimum atomic E-state index is -1.97. The molecule has 0 aliphatic rings. The smallest absolute Gasteiger partial charge is 0.345 e. The van der Waals surface area contributed by atoms with E-state index in [1.807, 2.05) is 0 Å². The van der Waals surface area contributed by atoms with E-state index in [0.717, 1.165) is 57.8 Å². The molecule has 1 N–H and O–H groups in total. The number of hydrogen-bond acceptors (Lipinski definition) is 4. The molecule has 0 bridgehead atoms. The van der Waals surface area contributed by atoms with Crippen molar-refractivity contribution >= 4 is 11.8 Å². The van der Waals surface area contributed by atoms with Crippen molar-refractivity contribution in [2.24, 2.45) is 0 Å². The molecule has 4 heteroatoms. The molecule has 0 heterocycles. The molecule has 0 aliphatic heterocycles. The van der Waals surface area contributed by atoms with Gasteiger partial charge in [-0.05, 0) is 51.4 Å². The maximum Gasteiger partial charge on any atom is 0.345 e. The highest BCUT2D eigenvalue weighted by Gasteiger charge is 2.43. The number of ketones is 1. The molecule has 0 radical (unpaired) electrons. The number of aliphatic hydroxyl groups is 1. The average molecular weight is 577 g/mol. The molecule has 41 heavy (non-hydrogen) atoms. The Balaban J connectivity index is 3.89. The Bertz CT molecular complexity index is 653. The van der Waals surface area contributed by atoms with Gasteiger partial charge in [0.25, 0.3) is 0 Å². The summed E-state index contributed by atoms with van der Waals surface area (Å²) >= 11 is 0. The van der Waals surface area contributed by atoms with E-state index >= 15 is 0 Å². The average Bonchev–Trinajstić information content (AvgIpc) is 2.98. The highest BCUT2D eigenvalue weighted by atomic mass is 16.5. The lowest BCUT2D eigenvalue weighted by molar-refractivity contribution is -0.169. The van der Waals surface area contributed by atoms with E-state index in [2.05, 4.69) is 38.2 Å². The number of allylic oxidation sites excluding steroid dienone is 4. The van der Waals surface area contributed by atoms with Crippen molar-refractivity contribution in [2.75, 3.05) is 7.11 Å². The summed E-state index contributed by atoms with van der Waals surface area (Å²) in [7, 11) is 1.25. The molecule has 4 nitrogen and oxygen atoms in total. The third-order valence-corrected chi connectivity index (χ3v) is 8.23. The lowest BCUT2D eigenvalue weighted by Crippen LogP contribution is -2.47. The van der Waals surface area contributed by atoms with Gasteiger partial charge in [0.15, 0.2) is 5.78 Å². The van der Waals surface area contributed by atoms with Crippen LogP contribution in [0.4, 0.5) is 0 Å². The molecule has 1 atom stereocenters. The largest absolute Gasteiger partial charge is 0.467 e. The zero-order valence-corrected chi connectivity index (χ0v) is 27.6. The van der Waals surface area contributed by atoms with Crippen molar-refractivity contribution in [1.29, 1.82) is 0 Å². The second kappa shape index (κ2) is 30.1. The molecule has 0 aliphatic carbocycles. The summed E-state index contributed by atoms with van der Waals surface area (Å²) in [6.45, 7) is 4.50. The van der Waals surface area contributed by atoms with Crippen LogP contribution in [-0.2, 0) is 14.3 Å². The fourth-order valence-corrected chi connectivity index (χ4v) is 5.40. The van der Waals surface area contributed by atoms with Crippen LogP contribution >= 0.6 is 0 Å². The van der Waals surface area contributed by atoms with Gasteiger partial charge in [0.1, 0.15) is 0 Å². The van der Waals surface area contributed by atoms with E-state index in [4.69, 9.17) is 4.74 Å². The summed E-state index contributed by atoms with van der Waals surface area (Å²) in [5.41, 5.74) is -1.97. The lowest BCUT2D eigenvalue weighted by Gasteiger charge is -2.23. The highest BCUT2D eigenvalue weighted by molar-refractivity contribution is 6.06. The monoisotopic (exact) mass is 577 g/mol. The molecule has 0 amide bonds. The predicted octanol–water partition coefficient (Wildman–Crippen LogP) is 11.1. The van der Waals surface area contributed by atoms with Crippen LogP contribution in [0.2, 0.25) is 0 Å². The summed E-state index contributed by atoms with van der Waals surface area (Å²) in [5.74, 6) is -1.16. The summed E-state index contributed by atoms with van der Waals surface area (Å²) in [6, 6.07) is 0. The normalized spacial score (nSPS) is 13.3. The van der Waals surface area contributed by atoms with Crippen molar-refractivity contribution < 1.29 is 19.4 Å². The standard InChI is InChI=1S/C37H68O4/c1-4-6-8-10-12-14-16-18-20-21-23-25-27-29-31-33-35(38)37(40,36(39)41-3)34-32-30-28-26-24-22-19-17-15-13-11-9-7-5-2/h12,14,18,20,40H,4-11,13,15-17,19,21-34H2,1-3H3/b14-12-,20-18-. The van der Waals surface area contributed by atoms with Crippen molar-refractivity contribution in [2.45, 2.75) is 193 Å². The van der Waals surface area contributed by atoms with Gasteiger partial charge in [0.05, 0.1) is 7.11 Å². The number of hydrogen-bond donors (Lipinski definition) is 1. The molecule has 0 aromatic heterocycles. The van der Waals surface area contributed by atoms with Crippen LogP contribution in [0.5, 0.6) is 0 Å². The first-order chi connectivity index (χ1) is 20.0. The topological polar surface area (TPSA) is 63.6 Å². The fourth-order valence-electron chi connectivity index (χ4n) is 5.40. The number of rotatable bonds is 31. The van der Waals surface area contributed by atoms with Gasteiger partial charge >= 0.3 is 5.97 Å². The van der Waals surface area contributed by atoms with Crippen LogP contribution in [0, 0.1) is 0 Å². The molecule has 0 rings (SSSR count). The summed E-state index contributed by atoms with van der Waals surface area (Å²) in [6.07, 6.45) is 39.1. The zero-order chi connectivity index (χ0) is 30.3. The Hall–Kier alpha value is -1.42. The molecular formula is C37H68O4. The fraction of sp³-hybridized carbons (Fsp3) is 0.838. The van der Waals surface area contributed by atoms with Gasteiger partial charge in [-0.15, -0.1) is 0 Å². The molecule has 0 aromatic rings. The number of carbonyl (C=O) groups excluding carboxylic acids is 2. The third kappa shape index (κ3) is 23.8. The van der Waals surface area contributed by atoms with Gasteiger partial charge in [-0.3, -0.25) is 4.79 Å². The Morgan fingerprint density at radius 1 is 0.561 bits per heavy atom. The van der Waals surface area contributed by atoms with Crippen LogP contribution < -0.4 is 0 Å². The zero-order valence-electron chi connectivity index (χ0n) is 27.6. The Labute approximate surface area is 255 Å². The van der Waals surface area contributed by atoms with E-state index in [1.165, 1.54) is 103 Å². The van der Waals surface area contributed by atoms with Crippen molar-refractivity contribution in [3.05, 3.63) is 24.3 Å². The molecule has 0 saturated carbocycles. The molecule has 0 spiro atoms. The number of Topliss-reactive ketones (excluding diaryl/α,β-unsaturated/α-hetero) is 1. The van der Waals surface area contributed by atoms with E-state index in [9.17, 15) is 14.7 Å². The Morgan fingerprint density at radius 2 is 0.951 bits per heavy atom. The first-order valence-corrected chi connectivity index (χ1v) is 17.7. The molecule has 0 aromatic carbocycles. The van der Waals surface area contributed by atoms with Gasteiger partial charge < -0.3 is 9.84 Å². The molecule has 1 unspecified atom stereocenters. The van der Waals surface area contributed by atoms with E-state index in [-0.39, 0.29) is 18.6 Å². The molecule has 0 fully saturated rings. The minimum Gasteiger partial charge on any atom is -0.467 e. The number of methoxy groups -OCH3 is 1. The van der Waals surface area contributed by atoms with Gasteiger partial charge in [0.2, 0.25) is 5.60 Å². The number of unbranched alkanes of at least 4 members (excludes halogenated alkanes) is 21. The lowest BCUT2D eigenvalue weighted by atomic mass is 9.88. The molecule has 0 saturated heterocycles. The predicted molar refractivity (Wildman–Crippen MR) is 176 cm³/mol. The van der Waals surface area contributed by atoms with Gasteiger partial charge in [-0.1, -0.05) is 154 Å². The van der Waals surface area contributed by atoms with Crippen LogP contribution in [0.1, 0.15) is 187 Å².